The van der Waals surface area contributed by atoms with Crippen molar-refractivity contribution >= 4 is 23.2 Å². The topological polar surface area (TPSA) is 66.2 Å². The van der Waals surface area contributed by atoms with E-state index < -0.39 is 0 Å². The lowest BCUT2D eigenvalue weighted by Gasteiger charge is -2.36. The number of fused-ring (bicyclic) bond motifs is 1. The predicted molar refractivity (Wildman–Crippen MR) is 144 cm³/mol. The number of rotatable bonds is 6. The fourth-order valence-electron chi connectivity index (χ4n) is 4.96. The first kappa shape index (κ1) is 24.9. The molecule has 2 aliphatic heterocycles. The molecule has 7 heteroatoms. The maximum Gasteiger partial charge on any atom is 0.289 e. The number of carbonyl (C=O) groups is 2. The number of anilines is 2. The van der Waals surface area contributed by atoms with Crippen LogP contribution in [0.15, 0.2) is 59.0 Å². The van der Waals surface area contributed by atoms with Gasteiger partial charge < -0.3 is 19.0 Å². The van der Waals surface area contributed by atoms with Crippen LogP contribution in [0.3, 0.4) is 0 Å². The van der Waals surface area contributed by atoms with E-state index in [-0.39, 0.29) is 30.4 Å². The van der Waals surface area contributed by atoms with Crippen molar-refractivity contribution in [1.82, 2.24) is 4.90 Å². The molecule has 5 rings (SSSR count). The van der Waals surface area contributed by atoms with Gasteiger partial charge in [-0.3, -0.25) is 14.5 Å². The minimum atomic E-state index is -0.129. The molecule has 0 radical (unpaired) electrons. The Balaban J connectivity index is 1.28. The molecule has 1 aromatic heterocycles. The summed E-state index contributed by atoms with van der Waals surface area (Å²) in [6.45, 7) is 11.7. The van der Waals surface area contributed by atoms with E-state index in [4.69, 9.17) is 9.15 Å². The minimum absolute atomic E-state index is 0.0127. The van der Waals surface area contributed by atoms with Crippen LogP contribution < -0.4 is 14.5 Å². The first-order valence-electron chi connectivity index (χ1n) is 13.0. The number of amides is 2. The van der Waals surface area contributed by atoms with Gasteiger partial charge in [0.1, 0.15) is 11.5 Å². The Labute approximate surface area is 218 Å². The molecule has 7 nitrogen and oxygen atoms in total. The van der Waals surface area contributed by atoms with Crippen molar-refractivity contribution in [2.24, 2.45) is 0 Å². The molecule has 1 fully saturated rings. The Morgan fingerprint density at radius 2 is 1.73 bits per heavy atom. The summed E-state index contributed by atoms with van der Waals surface area (Å²) in [7, 11) is 0. The number of benzene rings is 2. The summed E-state index contributed by atoms with van der Waals surface area (Å²) in [5, 5.41) is 0. The van der Waals surface area contributed by atoms with Gasteiger partial charge in [0.2, 0.25) is 0 Å². The zero-order valence-corrected chi connectivity index (χ0v) is 22.1. The van der Waals surface area contributed by atoms with Gasteiger partial charge in [-0.25, -0.2) is 0 Å². The molecule has 2 amide bonds. The van der Waals surface area contributed by atoms with Crippen LogP contribution in [0.25, 0.3) is 0 Å². The highest BCUT2D eigenvalue weighted by atomic mass is 16.5. The molecular formula is C30H35N3O4. The van der Waals surface area contributed by atoms with E-state index in [0.717, 1.165) is 30.8 Å². The molecule has 0 atom stereocenters. The molecule has 3 heterocycles. The molecule has 0 N–H and O–H groups in total. The van der Waals surface area contributed by atoms with Crippen LogP contribution in [-0.2, 0) is 16.8 Å². The molecule has 1 saturated heterocycles. The van der Waals surface area contributed by atoms with E-state index in [0.29, 0.717) is 30.4 Å². The number of para-hydroxylation sites is 1. The first-order chi connectivity index (χ1) is 17.8. The van der Waals surface area contributed by atoms with Crippen molar-refractivity contribution in [3.63, 3.8) is 0 Å². The van der Waals surface area contributed by atoms with E-state index in [1.165, 1.54) is 11.3 Å². The molecule has 2 aliphatic rings. The molecule has 3 aromatic rings. The van der Waals surface area contributed by atoms with Gasteiger partial charge in [0.15, 0.2) is 12.4 Å². The number of nitrogens with zero attached hydrogens (tertiary/aromatic N) is 3. The van der Waals surface area contributed by atoms with Gasteiger partial charge in [0.05, 0.1) is 12.2 Å². The maximum atomic E-state index is 13.2. The number of aryl methyl sites for hydroxylation is 1. The number of furan rings is 1. The summed E-state index contributed by atoms with van der Waals surface area (Å²) in [5.41, 5.74) is 4.33. The standard InChI is InChI=1S/C30H35N3O4/c1-5-30(3,4)22-10-12-26-25(18-22)33(28(34)20-36-26)19-23-11-13-27(37-23)29(35)32-16-14-31(15-17-32)24-9-7-6-8-21(24)2/h6-13,18H,5,14-17,19-20H2,1-4H3. The van der Waals surface area contributed by atoms with Crippen LogP contribution in [-0.4, -0.2) is 49.5 Å². The molecule has 0 saturated carbocycles. The van der Waals surface area contributed by atoms with Crippen molar-refractivity contribution in [1.29, 1.82) is 0 Å². The van der Waals surface area contributed by atoms with Gasteiger partial charge in [0.25, 0.3) is 11.8 Å². The molecule has 2 aromatic carbocycles. The van der Waals surface area contributed by atoms with Crippen LogP contribution in [0, 0.1) is 6.92 Å². The molecule has 194 valence electrons. The zero-order chi connectivity index (χ0) is 26.2. The molecular weight excluding hydrogens is 466 g/mol. The molecule has 37 heavy (non-hydrogen) atoms. The molecule has 0 unspecified atom stereocenters. The molecule has 0 aliphatic carbocycles. The lowest BCUT2D eigenvalue weighted by atomic mass is 9.82. The Hall–Kier alpha value is -3.74. The number of hydrogen-bond donors (Lipinski definition) is 0. The summed E-state index contributed by atoms with van der Waals surface area (Å²) in [6, 6.07) is 17.9. The quantitative estimate of drug-likeness (QED) is 0.467. The highest BCUT2D eigenvalue weighted by Gasteiger charge is 2.30. The largest absolute Gasteiger partial charge is 0.482 e. The zero-order valence-electron chi connectivity index (χ0n) is 22.1. The second-order valence-electron chi connectivity index (χ2n) is 10.5. The Morgan fingerprint density at radius 1 is 0.973 bits per heavy atom. The van der Waals surface area contributed by atoms with Crippen LogP contribution in [0.4, 0.5) is 11.4 Å². The fraction of sp³-hybridized carbons (Fsp3) is 0.400. The second-order valence-corrected chi connectivity index (χ2v) is 10.5. The van der Waals surface area contributed by atoms with Gasteiger partial charge >= 0.3 is 0 Å². The van der Waals surface area contributed by atoms with E-state index in [9.17, 15) is 9.59 Å². The Kier molecular flexibility index (Phi) is 6.71. The summed E-state index contributed by atoms with van der Waals surface area (Å²) in [5.74, 6) is 1.32. The van der Waals surface area contributed by atoms with Crippen LogP contribution in [0.1, 0.15) is 54.6 Å². The monoisotopic (exact) mass is 501 g/mol. The van der Waals surface area contributed by atoms with E-state index in [2.05, 4.69) is 50.8 Å². The average Bonchev–Trinajstić information content (AvgIpc) is 3.38. The lowest BCUT2D eigenvalue weighted by molar-refractivity contribution is -0.121. The third-order valence-electron chi connectivity index (χ3n) is 7.78. The third kappa shape index (κ3) is 4.95. The number of ether oxygens (including phenoxy) is 1. The molecule has 0 spiro atoms. The molecule has 0 bridgehead atoms. The minimum Gasteiger partial charge on any atom is -0.482 e. The van der Waals surface area contributed by atoms with Gasteiger partial charge in [-0.2, -0.15) is 0 Å². The van der Waals surface area contributed by atoms with Gasteiger partial charge in [-0.1, -0.05) is 45.0 Å². The van der Waals surface area contributed by atoms with Crippen molar-refractivity contribution in [3.8, 4) is 5.75 Å². The van der Waals surface area contributed by atoms with Crippen LogP contribution in [0.2, 0.25) is 0 Å². The first-order valence-corrected chi connectivity index (χ1v) is 13.0. The van der Waals surface area contributed by atoms with Crippen molar-refractivity contribution < 1.29 is 18.7 Å². The normalized spacial score (nSPS) is 16.0. The van der Waals surface area contributed by atoms with Gasteiger partial charge in [0, 0.05) is 31.9 Å². The van der Waals surface area contributed by atoms with Crippen molar-refractivity contribution in [2.75, 3.05) is 42.6 Å². The highest BCUT2D eigenvalue weighted by molar-refractivity contribution is 5.98. The summed E-state index contributed by atoms with van der Waals surface area (Å²) in [4.78, 5) is 31.9. The van der Waals surface area contributed by atoms with E-state index in [1.54, 1.807) is 17.0 Å². The summed E-state index contributed by atoms with van der Waals surface area (Å²) in [6.07, 6.45) is 0.976. The fourth-order valence-corrected chi connectivity index (χ4v) is 4.96. The Bertz CT molecular complexity index is 1300. The second kappa shape index (κ2) is 9.96. The van der Waals surface area contributed by atoms with Crippen molar-refractivity contribution in [3.05, 3.63) is 77.2 Å². The maximum absolute atomic E-state index is 13.2. The lowest BCUT2D eigenvalue weighted by Crippen LogP contribution is -2.48. The van der Waals surface area contributed by atoms with Gasteiger partial charge in [-0.15, -0.1) is 0 Å². The number of piperazine rings is 1. The van der Waals surface area contributed by atoms with Gasteiger partial charge in [-0.05, 0) is 60.2 Å². The summed E-state index contributed by atoms with van der Waals surface area (Å²) >= 11 is 0. The van der Waals surface area contributed by atoms with Crippen molar-refractivity contribution in [2.45, 2.75) is 46.1 Å². The Morgan fingerprint density at radius 3 is 2.46 bits per heavy atom. The highest BCUT2D eigenvalue weighted by Crippen LogP contribution is 2.38. The smallest absolute Gasteiger partial charge is 0.289 e. The third-order valence-corrected chi connectivity index (χ3v) is 7.78. The van der Waals surface area contributed by atoms with Crippen LogP contribution >= 0.6 is 0 Å². The predicted octanol–water partition coefficient (Wildman–Crippen LogP) is 5.16. The van der Waals surface area contributed by atoms with E-state index in [1.807, 2.05) is 29.2 Å². The van der Waals surface area contributed by atoms with Crippen LogP contribution in [0.5, 0.6) is 5.75 Å². The number of carbonyl (C=O) groups excluding carboxylic acids is 2. The van der Waals surface area contributed by atoms with E-state index >= 15 is 0 Å². The SMILES string of the molecule is CCC(C)(C)c1ccc2c(c1)N(Cc1ccc(C(=O)N3CCN(c4ccccc4C)CC3)o1)C(=O)CO2. The summed E-state index contributed by atoms with van der Waals surface area (Å²) < 4.78 is 11.7. The average molecular weight is 502 g/mol. The number of hydrogen-bond acceptors (Lipinski definition) is 5.